The van der Waals surface area contributed by atoms with Crippen LogP contribution in [0.1, 0.15) is 36.0 Å². The average Bonchev–Trinajstić information content (AvgIpc) is 3.42. The molecule has 2 aliphatic carbocycles. The van der Waals surface area contributed by atoms with E-state index in [9.17, 15) is 4.79 Å². The van der Waals surface area contributed by atoms with Crippen LogP contribution in [0.4, 0.5) is 0 Å². The Balaban J connectivity index is 1.35. The van der Waals surface area contributed by atoms with E-state index in [-0.39, 0.29) is 5.91 Å². The number of hydrogen-bond donors (Lipinski definition) is 0. The largest absolute Gasteiger partial charge is 0.274 e. The van der Waals surface area contributed by atoms with Crippen molar-refractivity contribution in [2.24, 2.45) is 22.9 Å². The third kappa shape index (κ3) is 3.10. The summed E-state index contributed by atoms with van der Waals surface area (Å²) in [4.78, 5) is 14.4. The smallest absolute Gasteiger partial charge is 0.267 e. The number of carbonyl (C=O) groups is 1. The third-order valence-electron chi connectivity index (χ3n) is 6.37. The lowest BCUT2D eigenvalue weighted by Gasteiger charge is -2.30. The summed E-state index contributed by atoms with van der Waals surface area (Å²) >= 11 is 1.88. The molecule has 2 bridgehead atoms. The molecule has 0 saturated heterocycles. The van der Waals surface area contributed by atoms with E-state index >= 15 is 0 Å². The Labute approximate surface area is 164 Å². The molecule has 0 aromatic heterocycles. The van der Waals surface area contributed by atoms with Crippen LogP contribution in [0.25, 0.3) is 0 Å². The van der Waals surface area contributed by atoms with Gasteiger partial charge in [0.05, 0.1) is 6.04 Å². The van der Waals surface area contributed by atoms with E-state index < -0.39 is 0 Å². The summed E-state index contributed by atoms with van der Waals surface area (Å²) in [6, 6.07) is 20.5. The van der Waals surface area contributed by atoms with Crippen LogP contribution < -0.4 is 0 Å². The van der Waals surface area contributed by atoms with Crippen LogP contribution in [0.3, 0.4) is 0 Å². The van der Waals surface area contributed by atoms with Crippen molar-refractivity contribution in [3.8, 4) is 0 Å². The standard InChI is InChI=1S/C23H24N2OS/c26-23(16-7-3-1-4-8-16)25-22-18-12-11-17(15-18)21(22)20(24-25)13-14-27-19-9-5-2-6-10-19/h1-10,17-18,21-22H,11-15H2. The summed E-state index contributed by atoms with van der Waals surface area (Å²) in [5.41, 5.74) is 2.02. The fourth-order valence-electron chi connectivity index (χ4n) is 5.25. The molecule has 0 spiro atoms. The zero-order valence-electron chi connectivity index (χ0n) is 15.3. The number of carbonyl (C=O) groups excluding carboxylic acids is 1. The molecular formula is C23H24N2OS. The highest BCUT2D eigenvalue weighted by atomic mass is 32.2. The first kappa shape index (κ1) is 17.1. The van der Waals surface area contributed by atoms with E-state index in [1.165, 1.54) is 29.9 Å². The van der Waals surface area contributed by atoms with Gasteiger partial charge in [-0.1, -0.05) is 36.4 Å². The van der Waals surface area contributed by atoms with Crippen LogP contribution >= 0.6 is 11.8 Å². The second-order valence-corrected chi connectivity index (χ2v) is 9.04. The molecular weight excluding hydrogens is 352 g/mol. The van der Waals surface area contributed by atoms with E-state index in [0.717, 1.165) is 23.7 Å². The van der Waals surface area contributed by atoms with Gasteiger partial charge in [-0.2, -0.15) is 5.10 Å². The molecule has 2 aromatic rings. The molecule has 2 aromatic carbocycles. The Bertz CT molecular complexity index is 851. The monoisotopic (exact) mass is 376 g/mol. The third-order valence-corrected chi connectivity index (χ3v) is 7.39. The predicted octanol–water partition coefficient (Wildman–Crippen LogP) is 5.10. The molecule has 1 amide bonds. The second kappa shape index (κ2) is 7.16. The van der Waals surface area contributed by atoms with Gasteiger partial charge in [0, 0.05) is 27.8 Å². The fraction of sp³-hybridized carbons (Fsp3) is 0.391. The van der Waals surface area contributed by atoms with Crippen LogP contribution in [0, 0.1) is 17.8 Å². The summed E-state index contributed by atoms with van der Waals surface area (Å²) in [5.74, 6) is 2.96. The summed E-state index contributed by atoms with van der Waals surface area (Å²) in [6.07, 6.45) is 4.82. The zero-order chi connectivity index (χ0) is 18.2. The average molecular weight is 377 g/mol. The summed E-state index contributed by atoms with van der Waals surface area (Å²) < 4.78 is 0. The van der Waals surface area contributed by atoms with Crippen molar-refractivity contribution in [1.82, 2.24) is 5.01 Å². The maximum absolute atomic E-state index is 13.1. The molecule has 4 heteroatoms. The van der Waals surface area contributed by atoms with Crippen molar-refractivity contribution in [1.29, 1.82) is 0 Å². The lowest BCUT2D eigenvalue weighted by atomic mass is 9.81. The topological polar surface area (TPSA) is 32.7 Å². The first-order chi connectivity index (χ1) is 13.3. The Morgan fingerprint density at radius 2 is 1.70 bits per heavy atom. The van der Waals surface area contributed by atoms with Crippen molar-refractivity contribution in [3.63, 3.8) is 0 Å². The first-order valence-corrected chi connectivity index (χ1v) is 10.9. The predicted molar refractivity (Wildman–Crippen MR) is 110 cm³/mol. The van der Waals surface area contributed by atoms with Crippen LogP contribution in [-0.2, 0) is 0 Å². The van der Waals surface area contributed by atoms with E-state index in [2.05, 4.69) is 30.3 Å². The molecule has 2 fully saturated rings. The Kier molecular flexibility index (Phi) is 4.52. The van der Waals surface area contributed by atoms with Crippen molar-refractivity contribution < 1.29 is 4.79 Å². The molecule has 4 atom stereocenters. The highest BCUT2D eigenvalue weighted by Gasteiger charge is 2.56. The molecule has 2 saturated carbocycles. The number of fused-ring (bicyclic) bond motifs is 5. The first-order valence-electron chi connectivity index (χ1n) is 9.95. The van der Waals surface area contributed by atoms with Gasteiger partial charge in [-0.3, -0.25) is 4.79 Å². The Morgan fingerprint density at radius 1 is 1.00 bits per heavy atom. The van der Waals surface area contributed by atoms with Crippen molar-refractivity contribution in [2.45, 2.75) is 36.6 Å². The zero-order valence-corrected chi connectivity index (χ0v) is 16.1. The lowest BCUT2D eigenvalue weighted by molar-refractivity contribution is 0.0629. The van der Waals surface area contributed by atoms with Crippen LogP contribution in [0.2, 0.25) is 0 Å². The van der Waals surface area contributed by atoms with Crippen LogP contribution in [-0.4, -0.2) is 28.4 Å². The summed E-state index contributed by atoms with van der Waals surface area (Å²) in [5, 5.41) is 6.76. The molecule has 1 aliphatic heterocycles. The quantitative estimate of drug-likeness (QED) is 0.681. The molecule has 5 rings (SSSR count). The SMILES string of the molecule is O=C(c1ccccc1)N1N=C(CCSc2ccccc2)C2C3CCC(C3)C21. The van der Waals surface area contributed by atoms with Crippen molar-refractivity contribution in [2.75, 3.05) is 5.75 Å². The number of rotatable bonds is 5. The summed E-state index contributed by atoms with van der Waals surface area (Å²) in [7, 11) is 0. The number of hydrogen-bond acceptors (Lipinski definition) is 3. The minimum atomic E-state index is 0.0730. The van der Waals surface area contributed by atoms with Crippen LogP contribution in [0.5, 0.6) is 0 Å². The molecule has 1 heterocycles. The van der Waals surface area contributed by atoms with Gasteiger partial charge in [0.15, 0.2) is 0 Å². The van der Waals surface area contributed by atoms with Gasteiger partial charge >= 0.3 is 0 Å². The fourth-order valence-corrected chi connectivity index (χ4v) is 6.15. The number of nitrogens with zero attached hydrogens (tertiary/aromatic N) is 2. The maximum Gasteiger partial charge on any atom is 0.274 e. The molecule has 4 unspecified atom stereocenters. The van der Waals surface area contributed by atoms with E-state index in [1.807, 2.05) is 47.1 Å². The lowest BCUT2D eigenvalue weighted by Crippen LogP contribution is -2.41. The number of hydrazone groups is 1. The Hall–Kier alpha value is -2.07. The Morgan fingerprint density at radius 3 is 2.48 bits per heavy atom. The second-order valence-electron chi connectivity index (χ2n) is 7.87. The van der Waals surface area contributed by atoms with Gasteiger partial charge in [-0.05, 0) is 61.8 Å². The van der Waals surface area contributed by atoms with Gasteiger partial charge in [0.2, 0.25) is 0 Å². The molecule has 27 heavy (non-hydrogen) atoms. The van der Waals surface area contributed by atoms with Gasteiger partial charge in [-0.15, -0.1) is 11.8 Å². The number of benzene rings is 2. The van der Waals surface area contributed by atoms with Gasteiger partial charge in [0.1, 0.15) is 0 Å². The number of thioether (sulfide) groups is 1. The van der Waals surface area contributed by atoms with Gasteiger partial charge in [0.25, 0.3) is 5.91 Å². The molecule has 3 aliphatic rings. The van der Waals surface area contributed by atoms with Crippen molar-refractivity contribution >= 4 is 23.4 Å². The van der Waals surface area contributed by atoms with E-state index in [4.69, 9.17) is 5.10 Å². The highest BCUT2D eigenvalue weighted by molar-refractivity contribution is 7.99. The maximum atomic E-state index is 13.1. The normalized spacial score (nSPS) is 28.3. The van der Waals surface area contributed by atoms with Crippen LogP contribution in [0.15, 0.2) is 70.7 Å². The summed E-state index contributed by atoms with van der Waals surface area (Å²) in [6.45, 7) is 0. The van der Waals surface area contributed by atoms with Gasteiger partial charge < -0.3 is 0 Å². The molecule has 138 valence electrons. The molecule has 0 N–H and O–H groups in total. The van der Waals surface area contributed by atoms with E-state index in [0.29, 0.717) is 17.9 Å². The minimum Gasteiger partial charge on any atom is -0.267 e. The van der Waals surface area contributed by atoms with Crippen molar-refractivity contribution in [3.05, 3.63) is 66.2 Å². The van der Waals surface area contributed by atoms with Gasteiger partial charge in [-0.25, -0.2) is 5.01 Å². The molecule has 0 radical (unpaired) electrons. The van der Waals surface area contributed by atoms with E-state index in [1.54, 1.807) is 0 Å². The number of amides is 1. The minimum absolute atomic E-state index is 0.0730. The molecule has 3 nitrogen and oxygen atoms in total. The highest BCUT2D eigenvalue weighted by Crippen LogP contribution is 2.54.